The highest BCUT2D eigenvalue weighted by molar-refractivity contribution is 5.87. The highest BCUT2D eigenvalue weighted by Gasteiger charge is 2.26. The summed E-state index contributed by atoms with van der Waals surface area (Å²) in [5.74, 6) is -0.974. The smallest absolute Gasteiger partial charge is 0.335 e. The zero-order valence-corrected chi connectivity index (χ0v) is 13.5. The lowest BCUT2D eigenvalue weighted by Gasteiger charge is -2.23. The van der Waals surface area contributed by atoms with Crippen LogP contribution in [0.2, 0.25) is 0 Å². The number of hydrogen-bond acceptors (Lipinski definition) is 3. The molecule has 5 nitrogen and oxygen atoms in total. The van der Waals surface area contributed by atoms with Crippen molar-refractivity contribution in [2.75, 3.05) is 0 Å². The topological polar surface area (TPSA) is 69.6 Å². The normalized spacial score (nSPS) is 14.9. The molecule has 0 bridgehead atoms. The Bertz CT molecular complexity index is 730. The Kier molecular flexibility index (Phi) is 4.62. The lowest BCUT2D eigenvalue weighted by Crippen LogP contribution is -2.42. The molecule has 2 aromatic carbocycles. The molecule has 124 valence electrons. The number of aromatic carboxylic acids is 1. The first-order valence-corrected chi connectivity index (χ1v) is 7.95. The van der Waals surface area contributed by atoms with Gasteiger partial charge in [-0.25, -0.2) is 4.79 Å². The second kappa shape index (κ2) is 6.84. The molecule has 1 unspecified atom stereocenters. The quantitative estimate of drug-likeness (QED) is 0.886. The summed E-state index contributed by atoms with van der Waals surface area (Å²) in [5.41, 5.74) is 3.68. The summed E-state index contributed by atoms with van der Waals surface area (Å²) in [6, 6.07) is 14.6. The Morgan fingerprint density at radius 3 is 2.21 bits per heavy atom. The van der Waals surface area contributed by atoms with E-state index in [1.807, 2.05) is 19.1 Å². The van der Waals surface area contributed by atoms with Gasteiger partial charge < -0.3 is 10.4 Å². The predicted octanol–water partition coefficient (Wildman–Crippen LogP) is 2.41. The second-order valence-electron chi connectivity index (χ2n) is 6.07. The molecule has 2 aromatic rings. The number of benzene rings is 2. The number of carboxylic acids is 1. The van der Waals surface area contributed by atoms with Gasteiger partial charge in [-0.3, -0.25) is 9.69 Å². The molecular formula is C19H20N2O3. The van der Waals surface area contributed by atoms with Crippen LogP contribution in [0, 0.1) is 0 Å². The highest BCUT2D eigenvalue weighted by atomic mass is 16.4. The van der Waals surface area contributed by atoms with Gasteiger partial charge in [0.05, 0.1) is 11.6 Å². The summed E-state index contributed by atoms with van der Waals surface area (Å²) in [7, 11) is 0. The third kappa shape index (κ3) is 3.46. The average molecular weight is 324 g/mol. The van der Waals surface area contributed by atoms with Crippen molar-refractivity contribution in [1.82, 2.24) is 10.2 Å². The summed E-state index contributed by atoms with van der Waals surface area (Å²) in [4.78, 5) is 25.4. The molecule has 24 heavy (non-hydrogen) atoms. The molecule has 1 heterocycles. The van der Waals surface area contributed by atoms with Gasteiger partial charge in [0.1, 0.15) is 0 Å². The molecule has 0 radical (unpaired) electrons. The lowest BCUT2D eigenvalue weighted by molar-refractivity contribution is -0.126. The number of nitrogens with one attached hydrogen (secondary N) is 1. The fourth-order valence-corrected chi connectivity index (χ4v) is 2.90. The zero-order chi connectivity index (χ0) is 17.1. The van der Waals surface area contributed by atoms with Crippen LogP contribution in [0.5, 0.6) is 0 Å². The fourth-order valence-electron chi connectivity index (χ4n) is 2.90. The first-order chi connectivity index (χ1) is 11.5. The lowest BCUT2D eigenvalue weighted by atomic mass is 10.1. The molecule has 3 rings (SSSR count). The van der Waals surface area contributed by atoms with Crippen LogP contribution in [-0.4, -0.2) is 27.9 Å². The molecule has 0 aromatic heterocycles. The number of nitrogens with zero attached hydrogens (tertiary/aromatic N) is 1. The average Bonchev–Trinajstić information content (AvgIpc) is 3.03. The van der Waals surface area contributed by atoms with E-state index in [1.54, 1.807) is 24.3 Å². The van der Waals surface area contributed by atoms with Gasteiger partial charge in [0.25, 0.3) is 0 Å². The fraction of sp³-hybridized carbons (Fsp3) is 0.263. The maximum absolute atomic E-state index is 12.4. The van der Waals surface area contributed by atoms with E-state index in [0.29, 0.717) is 6.54 Å². The van der Waals surface area contributed by atoms with Gasteiger partial charge in [0, 0.05) is 19.6 Å². The van der Waals surface area contributed by atoms with Crippen molar-refractivity contribution in [3.63, 3.8) is 0 Å². The highest BCUT2D eigenvalue weighted by Crippen LogP contribution is 2.24. The summed E-state index contributed by atoms with van der Waals surface area (Å²) in [6.45, 7) is 3.88. The van der Waals surface area contributed by atoms with Gasteiger partial charge in [-0.2, -0.15) is 0 Å². The summed E-state index contributed by atoms with van der Waals surface area (Å²) < 4.78 is 0. The molecule has 0 aliphatic carbocycles. The molecular weight excluding hydrogens is 304 g/mol. The van der Waals surface area contributed by atoms with Crippen LogP contribution in [0.4, 0.5) is 0 Å². The summed E-state index contributed by atoms with van der Waals surface area (Å²) in [6.07, 6.45) is 0. The van der Waals surface area contributed by atoms with Crippen molar-refractivity contribution < 1.29 is 14.7 Å². The molecule has 0 spiro atoms. The Hall–Kier alpha value is -2.66. The number of amides is 1. The van der Waals surface area contributed by atoms with Crippen LogP contribution in [-0.2, 0) is 24.4 Å². The standard InChI is InChI=1S/C19H20N2O3/c1-13(21-11-16-4-2-3-5-17(16)12-21)18(22)20-10-14-6-8-15(9-7-14)19(23)24/h2-9,13H,10-12H2,1H3,(H,20,22)(H,23,24). The Morgan fingerprint density at radius 2 is 1.67 bits per heavy atom. The first kappa shape index (κ1) is 16.2. The van der Waals surface area contributed by atoms with Crippen LogP contribution in [0.15, 0.2) is 48.5 Å². The summed E-state index contributed by atoms with van der Waals surface area (Å²) >= 11 is 0. The van der Waals surface area contributed by atoms with E-state index in [-0.39, 0.29) is 17.5 Å². The molecule has 1 amide bonds. The van der Waals surface area contributed by atoms with Gasteiger partial charge in [-0.05, 0) is 35.7 Å². The Labute approximate surface area is 140 Å². The van der Waals surface area contributed by atoms with Crippen LogP contribution in [0.25, 0.3) is 0 Å². The van der Waals surface area contributed by atoms with Crippen LogP contribution < -0.4 is 5.32 Å². The van der Waals surface area contributed by atoms with E-state index in [9.17, 15) is 9.59 Å². The van der Waals surface area contributed by atoms with Crippen molar-refractivity contribution in [2.45, 2.75) is 32.6 Å². The van der Waals surface area contributed by atoms with Gasteiger partial charge in [-0.1, -0.05) is 36.4 Å². The third-order valence-corrected chi connectivity index (χ3v) is 4.46. The minimum atomic E-state index is -0.951. The number of carbonyl (C=O) groups excluding carboxylic acids is 1. The zero-order valence-electron chi connectivity index (χ0n) is 13.5. The SMILES string of the molecule is CC(C(=O)NCc1ccc(C(=O)O)cc1)N1Cc2ccccc2C1. The van der Waals surface area contributed by atoms with Crippen molar-refractivity contribution >= 4 is 11.9 Å². The Morgan fingerprint density at radius 1 is 1.08 bits per heavy atom. The molecule has 1 aliphatic heterocycles. The number of fused-ring (bicyclic) bond motifs is 1. The van der Waals surface area contributed by atoms with Crippen LogP contribution in [0.3, 0.4) is 0 Å². The molecule has 0 saturated carbocycles. The number of hydrogen-bond donors (Lipinski definition) is 2. The maximum atomic E-state index is 12.4. The number of carbonyl (C=O) groups is 2. The molecule has 0 saturated heterocycles. The van der Waals surface area contributed by atoms with Gasteiger partial charge >= 0.3 is 5.97 Å². The van der Waals surface area contributed by atoms with E-state index < -0.39 is 5.97 Å². The van der Waals surface area contributed by atoms with Crippen molar-refractivity contribution in [2.24, 2.45) is 0 Å². The van der Waals surface area contributed by atoms with Gasteiger partial charge in [0.15, 0.2) is 0 Å². The predicted molar refractivity (Wildman–Crippen MR) is 90.4 cm³/mol. The van der Waals surface area contributed by atoms with Crippen LogP contribution >= 0.6 is 0 Å². The van der Waals surface area contributed by atoms with Gasteiger partial charge in [-0.15, -0.1) is 0 Å². The minimum Gasteiger partial charge on any atom is -0.478 e. The molecule has 1 atom stereocenters. The van der Waals surface area contributed by atoms with Crippen LogP contribution in [0.1, 0.15) is 34.0 Å². The van der Waals surface area contributed by atoms with E-state index in [4.69, 9.17) is 5.11 Å². The van der Waals surface area contributed by atoms with Crippen molar-refractivity contribution in [3.8, 4) is 0 Å². The molecule has 1 aliphatic rings. The molecule has 2 N–H and O–H groups in total. The largest absolute Gasteiger partial charge is 0.478 e. The van der Waals surface area contributed by atoms with Gasteiger partial charge in [0.2, 0.25) is 5.91 Å². The number of rotatable bonds is 5. The van der Waals surface area contributed by atoms with Crippen molar-refractivity contribution in [1.29, 1.82) is 0 Å². The maximum Gasteiger partial charge on any atom is 0.335 e. The second-order valence-corrected chi connectivity index (χ2v) is 6.07. The summed E-state index contributed by atoms with van der Waals surface area (Å²) in [5, 5.41) is 11.8. The minimum absolute atomic E-state index is 0.0230. The van der Waals surface area contributed by atoms with Crippen molar-refractivity contribution in [3.05, 3.63) is 70.8 Å². The third-order valence-electron chi connectivity index (χ3n) is 4.46. The van der Waals surface area contributed by atoms with E-state index in [0.717, 1.165) is 18.7 Å². The monoisotopic (exact) mass is 324 g/mol. The number of carboxylic acid groups (broad SMARTS) is 1. The first-order valence-electron chi connectivity index (χ1n) is 7.95. The molecule has 0 fully saturated rings. The molecule has 5 heteroatoms. The van der Waals surface area contributed by atoms with E-state index in [1.165, 1.54) is 11.1 Å². The van der Waals surface area contributed by atoms with E-state index in [2.05, 4.69) is 22.3 Å². The Balaban J connectivity index is 1.54. The van der Waals surface area contributed by atoms with E-state index >= 15 is 0 Å².